The molecule has 1 aliphatic heterocycles. The summed E-state index contributed by atoms with van der Waals surface area (Å²) in [4.78, 5) is 0. The summed E-state index contributed by atoms with van der Waals surface area (Å²) in [6.45, 7) is 3.82. The summed E-state index contributed by atoms with van der Waals surface area (Å²) >= 11 is 0. The number of hydrogen-bond acceptors (Lipinski definition) is 2. The molecule has 0 atom stereocenters. The zero-order valence-electron chi connectivity index (χ0n) is 10.6. The maximum atomic E-state index is 5.61. The van der Waals surface area contributed by atoms with Crippen LogP contribution in [-0.4, -0.2) is 13.2 Å². The first kappa shape index (κ1) is 11.1. The van der Waals surface area contributed by atoms with E-state index in [-0.39, 0.29) is 0 Å². The van der Waals surface area contributed by atoms with Crippen LogP contribution in [0.5, 0.6) is 5.75 Å². The molecule has 18 heavy (non-hydrogen) atoms. The highest BCUT2D eigenvalue weighted by Gasteiger charge is 2.11. The van der Waals surface area contributed by atoms with Crippen molar-refractivity contribution in [1.29, 1.82) is 0 Å². The van der Waals surface area contributed by atoms with E-state index in [2.05, 4.69) is 54.7 Å². The van der Waals surface area contributed by atoms with Gasteiger partial charge in [-0.15, -0.1) is 0 Å². The molecule has 0 aliphatic carbocycles. The Balaban J connectivity index is 2.06. The summed E-state index contributed by atoms with van der Waals surface area (Å²) in [7, 11) is 0. The first-order valence-electron chi connectivity index (χ1n) is 6.47. The van der Waals surface area contributed by atoms with Crippen LogP contribution in [0.1, 0.15) is 12.5 Å². The van der Waals surface area contributed by atoms with E-state index in [1.807, 2.05) is 0 Å². The van der Waals surface area contributed by atoms with Crippen LogP contribution in [0, 0.1) is 0 Å². The van der Waals surface area contributed by atoms with Gasteiger partial charge in [-0.1, -0.05) is 37.3 Å². The van der Waals surface area contributed by atoms with Gasteiger partial charge in [0.1, 0.15) is 12.4 Å². The van der Waals surface area contributed by atoms with Crippen molar-refractivity contribution in [3.05, 3.63) is 48.0 Å². The Labute approximate surface area is 108 Å². The molecular formula is C16H17NO. The second-order valence-electron chi connectivity index (χ2n) is 4.50. The van der Waals surface area contributed by atoms with Gasteiger partial charge in [0.15, 0.2) is 0 Å². The number of benzene rings is 2. The Morgan fingerprint density at radius 3 is 2.94 bits per heavy atom. The van der Waals surface area contributed by atoms with Crippen LogP contribution in [0.25, 0.3) is 11.1 Å². The summed E-state index contributed by atoms with van der Waals surface area (Å²) in [5.74, 6) is 0.957. The van der Waals surface area contributed by atoms with Crippen LogP contribution in [-0.2, 0) is 6.42 Å². The molecule has 2 nitrogen and oxygen atoms in total. The fourth-order valence-corrected chi connectivity index (χ4v) is 2.42. The number of rotatable bonds is 2. The molecule has 0 fully saturated rings. The smallest absolute Gasteiger partial charge is 0.142 e. The van der Waals surface area contributed by atoms with Crippen LogP contribution in [0.2, 0.25) is 0 Å². The van der Waals surface area contributed by atoms with Gasteiger partial charge in [0.2, 0.25) is 0 Å². The lowest BCUT2D eigenvalue weighted by Gasteiger charge is -2.20. The molecule has 92 valence electrons. The van der Waals surface area contributed by atoms with E-state index in [4.69, 9.17) is 4.74 Å². The van der Waals surface area contributed by atoms with E-state index in [1.165, 1.54) is 16.7 Å². The molecule has 2 heteroatoms. The zero-order valence-corrected chi connectivity index (χ0v) is 10.6. The lowest BCUT2D eigenvalue weighted by atomic mass is 9.97. The molecule has 0 amide bonds. The van der Waals surface area contributed by atoms with E-state index in [9.17, 15) is 0 Å². The third-order valence-electron chi connectivity index (χ3n) is 3.36. The summed E-state index contributed by atoms with van der Waals surface area (Å²) in [6.07, 6.45) is 1.05. The van der Waals surface area contributed by atoms with E-state index >= 15 is 0 Å². The van der Waals surface area contributed by atoms with E-state index in [1.54, 1.807) is 0 Å². The Kier molecular flexibility index (Phi) is 2.93. The molecule has 0 radical (unpaired) electrons. The number of aryl methyl sites for hydroxylation is 1. The largest absolute Gasteiger partial charge is 0.490 e. The minimum Gasteiger partial charge on any atom is -0.490 e. The SMILES string of the molecule is CCc1ccccc1-c1ccc2c(c1)NCCO2. The molecule has 1 heterocycles. The standard InChI is InChI=1S/C16H17NO/c1-2-12-5-3-4-6-14(12)13-7-8-16-15(11-13)17-9-10-18-16/h3-8,11,17H,2,9-10H2,1H3. The summed E-state index contributed by atoms with van der Waals surface area (Å²) < 4.78 is 5.61. The molecule has 0 bridgehead atoms. The Morgan fingerprint density at radius 2 is 2.06 bits per heavy atom. The van der Waals surface area contributed by atoms with Gasteiger partial charge in [-0.25, -0.2) is 0 Å². The maximum Gasteiger partial charge on any atom is 0.142 e. The molecule has 0 unspecified atom stereocenters. The topological polar surface area (TPSA) is 21.3 Å². The van der Waals surface area contributed by atoms with Crippen molar-refractivity contribution in [3.63, 3.8) is 0 Å². The van der Waals surface area contributed by atoms with Crippen LogP contribution >= 0.6 is 0 Å². The highest BCUT2D eigenvalue weighted by Crippen LogP contribution is 2.33. The van der Waals surface area contributed by atoms with Gasteiger partial charge in [-0.3, -0.25) is 0 Å². The predicted octanol–water partition coefficient (Wildman–Crippen LogP) is 3.72. The lowest BCUT2D eigenvalue weighted by Crippen LogP contribution is -2.17. The molecular weight excluding hydrogens is 222 g/mol. The number of hydrogen-bond donors (Lipinski definition) is 1. The number of anilines is 1. The summed E-state index contributed by atoms with van der Waals surface area (Å²) in [6, 6.07) is 15.0. The fraction of sp³-hybridized carbons (Fsp3) is 0.250. The molecule has 2 aromatic rings. The van der Waals surface area contributed by atoms with Crippen molar-refractivity contribution in [2.45, 2.75) is 13.3 Å². The predicted molar refractivity (Wildman–Crippen MR) is 75.2 cm³/mol. The van der Waals surface area contributed by atoms with Crippen molar-refractivity contribution in [1.82, 2.24) is 0 Å². The van der Waals surface area contributed by atoms with Crippen molar-refractivity contribution in [2.75, 3.05) is 18.5 Å². The number of nitrogens with one attached hydrogen (secondary N) is 1. The molecule has 1 aliphatic rings. The Morgan fingerprint density at radius 1 is 1.17 bits per heavy atom. The lowest BCUT2D eigenvalue weighted by molar-refractivity contribution is 0.323. The molecule has 3 rings (SSSR count). The van der Waals surface area contributed by atoms with E-state index in [0.29, 0.717) is 0 Å². The number of fused-ring (bicyclic) bond motifs is 1. The zero-order chi connectivity index (χ0) is 12.4. The van der Waals surface area contributed by atoms with Gasteiger partial charge in [-0.2, -0.15) is 0 Å². The average Bonchev–Trinajstić information content (AvgIpc) is 2.46. The van der Waals surface area contributed by atoms with Gasteiger partial charge in [0, 0.05) is 6.54 Å². The van der Waals surface area contributed by atoms with Gasteiger partial charge < -0.3 is 10.1 Å². The van der Waals surface area contributed by atoms with Crippen LogP contribution in [0.15, 0.2) is 42.5 Å². The second kappa shape index (κ2) is 4.73. The van der Waals surface area contributed by atoms with Gasteiger partial charge in [0.25, 0.3) is 0 Å². The third kappa shape index (κ3) is 1.94. The molecule has 0 saturated carbocycles. The summed E-state index contributed by atoms with van der Waals surface area (Å²) in [5.41, 5.74) is 5.05. The minimum absolute atomic E-state index is 0.748. The number of ether oxygens (including phenoxy) is 1. The van der Waals surface area contributed by atoms with Crippen molar-refractivity contribution in [2.24, 2.45) is 0 Å². The highest BCUT2D eigenvalue weighted by atomic mass is 16.5. The first-order valence-corrected chi connectivity index (χ1v) is 6.47. The van der Waals surface area contributed by atoms with Crippen LogP contribution in [0.3, 0.4) is 0 Å². The monoisotopic (exact) mass is 239 g/mol. The van der Waals surface area contributed by atoms with Crippen LogP contribution < -0.4 is 10.1 Å². The molecule has 0 saturated heterocycles. The Bertz CT molecular complexity index is 563. The van der Waals surface area contributed by atoms with Crippen molar-refractivity contribution in [3.8, 4) is 16.9 Å². The summed E-state index contributed by atoms with van der Waals surface area (Å²) in [5, 5.41) is 3.39. The van der Waals surface area contributed by atoms with E-state index < -0.39 is 0 Å². The minimum atomic E-state index is 0.748. The third-order valence-corrected chi connectivity index (χ3v) is 3.36. The quantitative estimate of drug-likeness (QED) is 0.862. The molecule has 2 aromatic carbocycles. The molecule has 1 N–H and O–H groups in total. The van der Waals surface area contributed by atoms with E-state index in [0.717, 1.165) is 31.0 Å². The molecule has 0 spiro atoms. The highest BCUT2D eigenvalue weighted by molar-refractivity contribution is 5.74. The van der Waals surface area contributed by atoms with Crippen LogP contribution in [0.4, 0.5) is 5.69 Å². The normalized spacial score (nSPS) is 13.4. The van der Waals surface area contributed by atoms with Gasteiger partial charge in [0.05, 0.1) is 5.69 Å². The second-order valence-corrected chi connectivity index (χ2v) is 4.50. The molecule has 0 aromatic heterocycles. The fourth-order valence-electron chi connectivity index (χ4n) is 2.42. The van der Waals surface area contributed by atoms with Crippen molar-refractivity contribution >= 4 is 5.69 Å². The van der Waals surface area contributed by atoms with Gasteiger partial charge >= 0.3 is 0 Å². The van der Waals surface area contributed by atoms with Gasteiger partial charge in [-0.05, 0) is 35.2 Å². The van der Waals surface area contributed by atoms with Crippen molar-refractivity contribution < 1.29 is 4.74 Å². The maximum absolute atomic E-state index is 5.61. The first-order chi connectivity index (χ1) is 8.88. The average molecular weight is 239 g/mol. The Hall–Kier alpha value is -1.96.